The van der Waals surface area contributed by atoms with Gasteiger partial charge in [0.2, 0.25) is 0 Å². The van der Waals surface area contributed by atoms with Crippen LogP contribution in [0.2, 0.25) is 0 Å². The minimum Gasteiger partial charge on any atom is -0.395 e. The minimum atomic E-state index is 0.654. The summed E-state index contributed by atoms with van der Waals surface area (Å²) in [5.41, 5.74) is 8.18. The molecule has 0 fully saturated rings. The highest BCUT2D eigenvalue weighted by molar-refractivity contribution is 9.10. The van der Waals surface area contributed by atoms with Crippen LogP contribution >= 0.6 is 27.3 Å². The highest BCUT2D eigenvalue weighted by Gasteiger charge is 2.08. The Labute approximate surface area is 94.1 Å². The van der Waals surface area contributed by atoms with E-state index in [1.807, 2.05) is 18.4 Å². The summed E-state index contributed by atoms with van der Waals surface area (Å²) in [4.78, 5) is 9.26. The standard InChI is InChI=1S/C9H8BrN3S/c1-5-8(11)9(13-4-12-5)7-2-6(10)3-14-7/h2-4H,11H2,1H3. The summed E-state index contributed by atoms with van der Waals surface area (Å²) in [6.45, 7) is 1.88. The SMILES string of the molecule is Cc1ncnc(-c2cc(Br)cs2)c1N. The Balaban J connectivity index is 2.57. The first-order valence-corrected chi connectivity index (χ1v) is 5.67. The summed E-state index contributed by atoms with van der Waals surface area (Å²) in [6.07, 6.45) is 1.54. The number of rotatable bonds is 1. The van der Waals surface area contributed by atoms with Crippen LogP contribution in [0.5, 0.6) is 0 Å². The van der Waals surface area contributed by atoms with Gasteiger partial charge in [-0.15, -0.1) is 11.3 Å². The fourth-order valence-corrected chi connectivity index (χ4v) is 2.55. The van der Waals surface area contributed by atoms with Gasteiger partial charge in [0.25, 0.3) is 0 Å². The second kappa shape index (κ2) is 3.67. The number of halogens is 1. The van der Waals surface area contributed by atoms with E-state index in [1.54, 1.807) is 11.3 Å². The van der Waals surface area contributed by atoms with Crippen LogP contribution in [-0.2, 0) is 0 Å². The van der Waals surface area contributed by atoms with Crippen molar-refractivity contribution in [1.82, 2.24) is 9.97 Å². The molecule has 0 aliphatic heterocycles. The molecule has 0 radical (unpaired) electrons. The summed E-state index contributed by atoms with van der Waals surface area (Å²) in [5.74, 6) is 0. The molecule has 2 aromatic heterocycles. The third-order valence-corrected chi connectivity index (χ3v) is 3.58. The minimum absolute atomic E-state index is 0.654. The Morgan fingerprint density at radius 2 is 2.21 bits per heavy atom. The molecule has 0 spiro atoms. The number of aromatic nitrogens is 2. The zero-order valence-corrected chi connectivity index (χ0v) is 9.89. The van der Waals surface area contributed by atoms with Gasteiger partial charge in [-0.2, -0.15) is 0 Å². The Kier molecular flexibility index (Phi) is 2.52. The molecule has 0 aliphatic rings. The molecule has 72 valence electrons. The maximum Gasteiger partial charge on any atom is 0.116 e. The first-order valence-electron chi connectivity index (χ1n) is 4.00. The van der Waals surface area contributed by atoms with Crippen LogP contribution in [0.4, 0.5) is 5.69 Å². The first-order chi connectivity index (χ1) is 6.68. The van der Waals surface area contributed by atoms with Crippen LogP contribution < -0.4 is 5.73 Å². The molecule has 0 aromatic carbocycles. The zero-order valence-electron chi connectivity index (χ0n) is 7.49. The number of anilines is 1. The fraction of sp³-hybridized carbons (Fsp3) is 0.111. The number of hydrogen-bond acceptors (Lipinski definition) is 4. The van der Waals surface area contributed by atoms with Crippen LogP contribution in [0.1, 0.15) is 5.69 Å². The van der Waals surface area contributed by atoms with Crippen molar-refractivity contribution in [2.24, 2.45) is 0 Å². The lowest BCUT2D eigenvalue weighted by Crippen LogP contribution is -1.97. The van der Waals surface area contributed by atoms with Crippen molar-refractivity contribution < 1.29 is 0 Å². The Morgan fingerprint density at radius 1 is 1.43 bits per heavy atom. The third kappa shape index (κ3) is 1.65. The van der Waals surface area contributed by atoms with Crippen LogP contribution in [0, 0.1) is 6.92 Å². The van der Waals surface area contributed by atoms with Gasteiger partial charge in [0.05, 0.1) is 16.3 Å². The maximum atomic E-state index is 5.89. The van der Waals surface area contributed by atoms with Gasteiger partial charge in [0.15, 0.2) is 0 Å². The van der Waals surface area contributed by atoms with E-state index < -0.39 is 0 Å². The van der Waals surface area contributed by atoms with E-state index in [9.17, 15) is 0 Å². The van der Waals surface area contributed by atoms with Gasteiger partial charge in [-0.25, -0.2) is 9.97 Å². The second-order valence-electron chi connectivity index (χ2n) is 2.85. The van der Waals surface area contributed by atoms with Crippen molar-refractivity contribution in [3.05, 3.63) is 27.9 Å². The van der Waals surface area contributed by atoms with Crippen molar-refractivity contribution in [2.45, 2.75) is 6.92 Å². The lowest BCUT2D eigenvalue weighted by Gasteiger charge is -2.03. The molecule has 0 aliphatic carbocycles. The van der Waals surface area contributed by atoms with Crippen molar-refractivity contribution in [3.63, 3.8) is 0 Å². The number of nitrogens with zero attached hydrogens (tertiary/aromatic N) is 2. The van der Waals surface area contributed by atoms with E-state index in [-0.39, 0.29) is 0 Å². The van der Waals surface area contributed by atoms with Gasteiger partial charge in [-0.3, -0.25) is 0 Å². The molecule has 0 saturated carbocycles. The normalized spacial score (nSPS) is 10.4. The topological polar surface area (TPSA) is 51.8 Å². The Bertz CT molecular complexity index is 467. The van der Waals surface area contributed by atoms with Crippen LogP contribution in [-0.4, -0.2) is 9.97 Å². The fourth-order valence-electron chi connectivity index (χ4n) is 1.12. The highest BCUT2D eigenvalue weighted by Crippen LogP contribution is 2.32. The maximum absolute atomic E-state index is 5.89. The number of thiophene rings is 1. The first kappa shape index (κ1) is 9.61. The summed E-state index contributed by atoms with van der Waals surface area (Å²) < 4.78 is 1.05. The molecular formula is C9H8BrN3S. The summed E-state index contributed by atoms with van der Waals surface area (Å²) in [5, 5.41) is 2.01. The van der Waals surface area contributed by atoms with Crippen LogP contribution in [0.3, 0.4) is 0 Å². The summed E-state index contributed by atoms with van der Waals surface area (Å²) in [7, 11) is 0. The van der Waals surface area contributed by atoms with Crippen molar-refractivity contribution in [1.29, 1.82) is 0 Å². The van der Waals surface area contributed by atoms with Gasteiger partial charge in [-0.05, 0) is 28.9 Å². The average Bonchev–Trinajstić information content (AvgIpc) is 2.57. The van der Waals surface area contributed by atoms with Crippen molar-refractivity contribution >= 4 is 33.0 Å². The van der Waals surface area contributed by atoms with Crippen LogP contribution in [0.25, 0.3) is 10.6 Å². The molecule has 2 heterocycles. The molecule has 2 N–H and O–H groups in total. The molecule has 0 bridgehead atoms. The smallest absolute Gasteiger partial charge is 0.116 e. The van der Waals surface area contributed by atoms with Crippen molar-refractivity contribution in [3.8, 4) is 10.6 Å². The monoisotopic (exact) mass is 269 g/mol. The van der Waals surface area contributed by atoms with Gasteiger partial charge in [0, 0.05) is 9.85 Å². The van der Waals surface area contributed by atoms with Gasteiger partial charge < -0.3 is 5.73 Å². The van der Waals surface area contributed by atoms with Crippen LogP contribution in [0.15, 0.2) is 22.2 Å². The van der Waals surface area contributed by atoms with E-state index in [0.717, 1.165) is 20.7 Å². The average molecular weight is 270 g/mol. The molecule has 0 unspecified atom stereocenters. The Hall–Kier alpha value is -0.940. The number of nitrogen functional groups attached to an aromatic ring is 1. The van der Waals surface area contributed by atoms with Gasteiger partial charge in [0.1, 0.15) is 12.0 Å². The molecule has 2 aromatic rings. The van der Waals surface area contributed by atoms with E-state index in [1.165, 1.54) is 6.33 Å². The molecule has 0 atom stereocenters. The predicted octanol–water partition coefficient (Wildman–Crippen LogP) is 2.86. The van der Waals surface area contributed by atoms with E-state index in [4.69, 9.17) is 5.73 Å². The highest BCUT2D eigenvalue weighted by atomic mass is 79.9. The molecule has 0 saturated heterocycles. The lowest BCUT2D eigenvalue weighted by atomic mass is 10.2. The third-order valence-electron chi connectivity index (χ3n) is 1.88. The van der Waals surface area contributed by atoms with Gasteiger partial charge >= 0.3 is 0 Å². The quantitative estimate of drug-likeness (QED) is 0.866. The molecular weight excluding hydrogens is 262 g/mol. The number of hydrogen-bond donors (Lipinski definition) is 1. The molecule has 3 nitrogen and oxygen atoms in total. The zero-order chi connectivity index (χ0) is 10.1. The molecule has 14 heavy (non-hydrogen) atoms. The molecule has 5 heteroatoms. The predicted molar refractivity (Wildman–Crippen MR) is 62.2 cm³/mol. The summed E-state index contributed by atoms with van der Waals surface area (Å²) in [6, 6.07) is 2.00. The van der Waals surface area contributed by atoms with E-state index in [2.05, 4.69) is 25.9 Å². The van der Waals surface area contributed by atoms with E-state index >= 15 is 0 Å². The lowest BCUT2D eigenvalue weighted by molar-refractivity contribution is 1.11. The van der Waals surface area contributed by atoms with Gasteiger partial charge in [-0.1, -0.05) is 0 Å². The molecule has 0 amide bonds. The molecule has 2 rings (SSSR count). The number of nitrogens with two attached hydrogens (primary N) is 1. The number of aryl methyl sites for hydroxylation is 1. The second-order valence-corrected chi connectivity index (χ2v) is 4.68. The van der Waals surface area contributed by atoms with E-state index in [0.29, 0.717) is 5.69 Å². The Morgan fingerprint density at radius 3 is 2.86 bits per heavy atom. The largest absolute Gasteiger partial charge is 0.395 e. The summed E-state index contributed by atoms with van der Waals surface area (Å²) >= 11 is 5.01. The van der Waals surface area contributed by atoms with Crippen molar-refractivity contribution in [2.75, 3.05) is 5.73 Å².